The van der Waals surface area contributed by atoms with E-state index in [1.165, 1.54) is 0 Å². The van der Waals surface area contributed by atoms with Gasteiger partial charge in [0.1, 0.15) is 18.0 Å². The zero-order chi connectivity index (χ0) is 12.5. The van der Waals surface area contributed by atoms with Gasteiger partial charge in [0, 0.05) is 25.8 Å². The van der Waals surface area contributed by atoms with Crippen molar-refractivity contribution in [1.29, 1.82) is 0 Å². The molecule has 0 amide bonds. The molecule has 1 unspecified atom stereocenters. The minimum absolute atomic E-state index is 0.232. The summed E-state index contributed by atoms with van der Waals surface area (Å²) in [5.74, 6) is 2.10. The average molecular weight is 238 g/mol. The molecule has 5 nitrogen and oxygen atoms in total. The maximum absolute atomic E-state index is 8.81. The van der Waals surface area contributed by atoms with Crippen LogP contribution in [0, 0.1) is 5.92 Å². The third kappa shape index (κ3) is 5.49. The fourth-order valence-corrected chi connectivity index (χ4v) is 1.40. The molecule has 0 aliphatic carbocycles. The van der Waals surface area contributed by atoms with Crippen LogP contribution in [-0.2, 0) is 0 Å². The molecule has 1 aromatic rings. The normalized spacial score (nSPS) is 12.2. The molecule has 0 aliphatic rings. The first kappa shape index (κ1) is 13.7. The van der Waals surface area contributed by atoms with E-state index in [1.807, 2.05) is 6.07 Å². The highest BCUT2D eigenvalue weighted by Gasteiger charge is 2.02. The fourth-order valence-electron chi connectivity index (χ4n) is 1.40. The molecule has 1 heterocycles. The van der Waals surface area contributed by atoms with E-state index >= 15 is 0 Å². The standard InChI is InChI=1S/C12H22N4O/c1-3-5-13-11-7-12(16-9-15-11)14-8-10(2)4-6-17/h7,9-10,17H,3-6,8H2,1-2H3,(H2,13,14,15,16). The van der Waals surface area contributed by atoms with Crippen LogP contribution in [-0.4, -0.2) is 34.8 Å². The van der Waals surface area contributed by atoms with Crippen LogP contribution in [0.4, 0.5) is 11.6 Å². The van der Waals surface area contributed by atoms with Crippen molar-refractivity contribution in [1.82, 2.24) is 9.97 Å². The predicted molar refractivity (Wildman–Crippen MR) is 70.2 cm³/mol. The predicted octanol–water partition coefficient (Wildman–Crippen LogP) is 1.73. The van der Waals surface area contributed by atoms with Crippen LogP contribution < -0.4 is 10.6 Å². The molecule has 96 valence electrons. The second-order valence-electron chi connectivity index (χ2n) is 4.21. The van der Waals surface area contributed by atoms with Gasteiger partial charge in [0.15, 0.2) is 0 Å². The van der Waals surface area contributed by atoms with Crippen LogP contribution in [0.2, 0.25) is 0 Å². The Labute approximate surface area is 103 Å². The first-order valence-corrected chi connectivity index (χ1v) is 6.17. The SMILES string of the molecule is CCCNc1cc(NCC(C)CCO)ncn1. The number of anilines is 2. The minimum atomic E-state index is 0.232. The fraction of sp³-hybridized carbons (Fsp3) is 0.667. The van der Waals surface area contributed by atoms with Crippen LogP contribution in [0.15, 0.2) is 12.4 Å². The van der Waals surface area contributed by atoms with Crippen molar-refractivity contribution in [2.75, 3.05) is 30.3 Å². The Bertz CT molecular complexity index is 319. The second-order valence-corrected chi connectivity index (χ2v) is 4.21. The number of aromatic nitrogens is 2. The largest absolute Gasteiger partial charge is 0.396 e. The van der Waals surface area contributed by atoms with E-state index in [0.29, 0.717) is 5.92 Å². The van der Waals surface area contributed by atoms with Gasteiger partial charge in [0.2, 0.25) is 0 Å². The third-order valence-corrected chi connectivity index (χ3v) is 2.48. The minimum Gasteiger partial charge on any atom is -0.396 e. The van der Waals surface area contributed by atoms with E-state index in [4.69, 9.17) is 5.11 Å². The molecule has 5 heteroatoms. The van der Waals surface area contributed by atoms with Gasteiger partial charge < -0.3 is 15.7 Å². The topological polar surface area (TPSA) is 70.1 Å². The summed E-state index contributed by atoms with van der Waals surface area (Å²) in [5, 5.41) is 15.3. The Hall–Kier alpha value is -1.36. The van der Waals surface area contributed by atoms with Crippen LogP contribution in [0.3, 0.4) is 0 Å². The molecule has 0 aliphatic heterocycles. The molecular formula is C12H22N4O. The summed E-state index contributed by atoms with van der Waals surface area (Å²) in [4.78, 5) is 8.29. The molecule has 0 saturated carbocycles. The van der Waals surface area contributed by atoms with E-state index in [2.05, 4.69) is 34.4 Å². The lowest BCUT2D eigenvalue weighted by molar-refractivity contribution is 0.266. The molecule has 1 rings (SSSR count). The highest BCUT2D eigenvalue weighted by atomic mass is 16.3. The van der Waals surface area contributed by atoms with Gasteiger partial charge in [-0.2, -0.15) is 0 Å². The van der Waals surface area contributed by atoms with Gasteiger partial charge in [-0.05, 0) is 18.8 Å². The molecule has 1 atom stereocenters. The number of hydrogen-bond donors (Lipinski definition) is 3. The zero-order valence-electron chi connectivity index (χ0n) is 10.6. The summed E-state index contributed by atoms with van der Waals surface area (Å²) in [6.45, 7) is 6.17. The van der Waals surface area contributed by atoms with E-state index in [1.54, 1.807) is 6.33 Å². The van der Waals surface area contributed by atoms with E-state index < -0.39 is 0 Å². The quantitative estimate of drug-likeness (QED) is 0.643. The van der Waals surface area contributed by atoms with Crippen molar-refractivity contribution in [2.45, 2.75) is 26.7 Å². The van der Waals surface area contributed by atoms with Gasteiger partial charge >= 0.3 is 0 Å². The zero-order valence-corrected chi connectivity index (χ0v) is 10.6. The van der Waals surface area contributed by atoms with Crippen molar-refractivity contribution >= 4 is 11.6 Å². The molecular weight excluding hydrogens is 216 g/mol. The Morgan fingerprint density at radius 1 is 1.29 bits per heavy atom. The van der Waals surface area contributed by atoms with Gasteiger partial charge in [0.05, 0.1) is 0 Å². The lowest BCUT2D eigenvalue weighted by Crippen LogP contribution is -2.13. The van der Waals surface area contributed by atoms with Gasteiger partial charge in [-0.15, -0.1) is 0 Å². The van der Waals surface area contributed by atoms with E-state index in [-0.39, 0.29) is 6.61 Å². The highest BCUT2D eigenvalue weighted by Crippen LogP contribution is 2.10. The number of nitrogens with one attached hydrogen (secondary N) is 2. The molecule has 1 aromatic heterocycles. The molecule has 0 radical (unpaired) electrons. The summed E-state index contributed by atoms with van der Waals surface area (Å²) >= 11 is 0. The molecule has 17 heavy (non-hydrogen) atoms. The Morgan fingerprint density at radius 3 is 2.65 bits per heavy atom. The number of rotatable bonds is 8. The molecule has 0 spiro atoms. The number of aliphatic hydroxyl groups is 1. The summed E-state index contributed by atoms with van der Waals surface area (Å²) in [5.41, 5.74) is 0. The van der Waals surface area contributed by atoms with Crippen molar-refractivity contribution in [3.05, 3.63) is 12.4 Å². The van der Waals surface area contributed by atoms with Crippen LogP contribution >= 0.6 is 0 Å². The Balaban J connectivity index is 2.42. The maximum Gasteiger partial charge on any atom is 0.131 e. The second kappa shape index (κ2) is 7.84. The summed E-state index contributed by atoms with van der Waals surface area (Å²) < 4.78 is 0. The molecule has 0 aromatic carbocycles. The first-order chi connectivity index (χ1) is 8.26. The molecule has 0 saturated heterocycles. The number of hydrogen-bond acceptors (Lipinski definition) is 5. The summed E-state index contributed by atoms with van der Waals surface area (Å²) in [6.07, 6.45) is 3.43. The summed E-state index contributed by atoms with van der Waals surface area (Å²) in [7, 11) is 0. The lowest BCUT2D eigenvalue weighted by Gasteiger charge is -2.12. The third-order valence-electron chi connectivity index (χ3n) is 2.48. The average Bonchev–Trinajstić information content (AvgIpc) is 2.35. The number of aliphatic hydroxyl groups excluding tert-OH is 1. The van der Waals surface area contributed by atoms with Gasteiger partial charge in [-0.1, -0.05) is 13.8 Å². The van der Waals surface area contributed by atoms with Gasteiger partial charge in [-0.3, -0.25) is 0 Å². The monoisotopic (exact) mass is 238 g/mol. The van der Waals surface area contributed by atoms with E-state index in [0.717, 1.165) is 37.6 Å². The number of nitrogens with zero attached hydrogens (tertiary/aromatic N) is 2. The van der Waals surface area contributed by atoms with E-state index in [9.17, 15) is 0 Å². The Morgan fingerprint density at radius 2 is 2.00 bits per heavy atom. The summed E-state index contributed by atoms with van der Waals surface area (Å²) in [6, 6.07) is 1.90. The lowest BCUT2D eigenvalue weighted by atomic mass is 10.1. The van der Waals surface area contributed by atoms with Crippen molar-refractivity contribution in [3.63, 3.8) is 0 Å². The van der Waals surface area contributed by atoms with Crippen molar-refractivity contribution in [2.24, 2.45) is 5.92 Å². The smallest absolute Gasteiger partial charge is 0.131 e. The first-order valence-electron chi connectivity index (χ1n) is 6.17. The maximum atomic E-state index is 8.81. The van der Waals surface area contributed by atoms with Gasteiger partial charge in [-0.25, -0.2) is 9.97 Å². The molecule has 0 bridgehead atoms. The molecule has 0 fully saturated rings. The van der Waals surface area contributed by atoms with Gasteiger partial charge in [0.25, 0.3) is 0 Å². The van der Waals surface area contributed by atoms with Crippen molar-refractivity contribution < 1.29 is 5.11 Å². The highest BCUT2D eigenvalue weighted by molar-refractivity contribution is 5.46. The van der Waals surface area contributed by atoms with Crippen LogP contribution in [0.5, 0.6) is 0 Å². The van der Waals surface area contributed by atoms with Crippen molar-refractivity contribution in [3.8, 4) is 0 Å². The Kier molecular flexibility index (Phi) is 6.32. The van der Waals surface area contributed by atoms with Crippen LogP contribution in [0.1, 0.15) is 26.7 Å². The van der Waals surface area contributed by atoms with Crippen LogP contribution in [0.25, 0.3) is 0 Å². The molecule has 3 N–H and O–H groups in total.